The number of phenolic OH excluding ortho intramolecular Hbond substituents is 1. The Morgan fingerprint density at radius 2 is 1.80 bits per heavy atom. The van der Waals surface area contributed by atoms with Crippen molar-refractivity contribution in [3.8, 4) is 5.75 Å². The van der Waals surface area contributed by atoms with Gasteiger partial charge in [-0.25, -0.2) is 6.57 Å². The van der Waals surface area contributed by atoms with Gasteiger partial charge in [-0.05, 0) is 96.1 Å². The number of aryl methyl sites for hydroxylation is 2. The van der Waals surface area contributed by atoms with Gasteiger partial charge in [0.25, 0.3) is 11.9 Å². The van der Waals surface area contributed by atoms with E-state index in [1.54, 1.807) is 48.5 Å². The van der Waals surface area contributed by atoms with Crippen LogP contribution in [0.4, 0.5) is 5.69 Å². The fourth-order valence-electron chi connectivity index (χ4n) is 3.11. The molecule has 1 amide bonds. The van der Waals surface area contributed by atoms with Gasteiger partial charge in [-0.15, -0.1) is 0 Å². The van der Waals surface area contributed by atoms with Crippen LogP contribution in [0.3, 0.4) is 0 Å². The number of rotatable bonds is 4. The molecule has 30 heavy (non-hydrogen) atoms. The first kappa shape index (κ1) is 22.4. The second-order valence-electron chi connectivity index (χ2n) is 6.87. The first-order valence-electron chi connectivity index (χ1n) is 8.93. The highest BCUT2D eigenvalue weighted by Gasteiger charge is 2.24. The zero-order valence-electron chi connectivity index (χ0n) is 16.1. The Bertz CT molecular complexity index is 1170. The van der Waals surface area contributed by atoms with Crippen molar-refractivity contribution in [2.45, 2.75) is 19.9 Å². The first-order valence-corrected chi connectivity index (χ1v) is 10.8. The van der Waals surface area contributed by atoms with Crippen LogP contribution in [0.15, 0.2) is 48.5 Å². The van der Waals surface area contributed by atoms with Gasteiger partial charge < -0.3 is 15.3 Å². The van der Waals surface area contributed by atoms with E-state index in [2.05, 4.69) is 10.2 Å². The summed E-state index contributed by atoms with van der Waals surface area (Å²) in [5, 5.41) is 14.0. The number of anilines is 1. The van der Waals surface area contributed by atoms with Crippen molar-refractivity contribution < 1.29 is 9.90 Å². The van der Waals surface area contributed by atoms with Crippen molar-refractivity contribution in [3.63, 3.8) is 0 Å². The average Bonchev–Trinajstić information content (AvgIpc) is 2.70. The van der Waals surface area contributed by atoms with E-state index in [0.29, 0.717) is 24.9 Å². The number of hydrogen-bond acceptors (Lipinski definition) is 2. The Morgan fingerprint density at radius 3 is 2.43 bits per heavy atom. The van der Waals surface area contributed by atoms with E-state index in [4.69, 9.17) is 29.8 Å². The summed E-state index contributed by atoms with van der Waals surface area (Å²) in [6, 6.07) is 13.4. The van der Waals surface area contributed by atoms with Gasteiger partial charge in [0, 0.05) is 16.3 Å². The molecule has 2 N–H and O–H groups in total. The van der Waals surface area contributed by atoms with Gasteiger partial charge in [-0.2, -0.15) is 0 Å². The molecule has 152 valence electrons. The number of carbonyl (C=O) groups excluding carboxylic acids is 1. The van der Waals surface area contributed by atoms with Crippen molar-refractivity contribution in [1.82, 2.24) is 0 Å². The van der Waals surface area contributed by atoms with Gasteiger partial charge >= 0.3 is 0 Å². The van der Waals surface area contributed by atoms with Gasteiger partial charge in [0.05, 0.1) is 19.7 Å². The first-order chi connectivity index (χ1) is 14.2. The third-order valence-corrected chi connectivity index (χ3v) is 6.06. The second-order valence-corrected chi connectivity index (χ2v) is 8.87. The van der Waals surface area contributed by atoms with Gasteiger partial charge in [-0.1, -0.05) is 23.2 Å². The molecule has 3 aromatic rings. The number of carbonyl (C=O) groups is 1. The molecule has 1 unspecified atom stereocenters. The number of amides is 1. The molecule has 0 bridgehead atoms. The zero-order chi connectivity index (χ0) is 22.0. The molecule has 0 fully saturated rings. The number of phenols is 1. The van der Waals surface area contributed by atoms with Crippen LogP contribution in [-0.2, 0) is 0 Å². The molecule has 4 nitrogen and oxygen atoms in total. The SMILES string of the molecule is [C-]#[N+]C(c1ccc(Cl)cc1)c1cc(C)c(NC(=O)c2cc(C)cc(I)c2O)cc1Cl. The lowest BCUT2D eigenvalue weighted by Gasteiger charge is -2.15. The van der Waals surface area contributed by atoms with E-state index in [1.807, 2.05) is 36.4 Å². The summed E-state index contributed by atoms with van der Waals surface area (Å²) < 4.78 is 0.603. The van der Waals surface area contributed by atoms with E-state index >= 15 is 0 Å². The summed E-state index contributed by atoms with van der Waals surface area (Å²) in [6.07, 6.45) is 0. The monoisotopic (exact) mass is 550 g/mol. The van der Waals surface area contributed by atoms with E-state index in [-0.39, 0.29) is 11.3 Å². The van der Waals surface area contributed by atoms with E-state index < -0.39 is 11.9 Å². The van der Waals surface area contributed by atoms with Crippen LogP contribution in [-0.4, -0.2) is 11.0 Å². The lowest BCUT2D eigenvalue weighted by molar-refractivity contribution is 0.102. The number of benzene rings is 3. The highest BCUT2D eigenvalue weighted by molar-refractivity contribution is 14.1. The largest absolute Gasteiger partial charge is 0.506 e. The molecule has 0 saturated carbocycles. The van der Waals surface area contributed by atoms with Gasteiger partial charge in [-0.3, -0.25) is 4.79 Å². The summed E-state index contributed by atoms with van der Waals surface area (Å²) in [5.74, 6) is -0.490. The smallest absolute Gasteiger partial charge is 0.275 e. The van der Waals surface area contributed by atoms with E-state index in [0.717, 1.165) is 16.7 Å². The van der Waals surface area contributed by atoms with Gasteiger partial charge in [0.1, 0.15) is 5.75 Å². The van der Waals surface area contributed by atoms with Crippen molar-refractivity contribution in [3.05, 3.63) is 101 Å². The molecule has 0 aliphatic heterocycles. The summed E-state index contributed by atoms with van der Waals surface area (Å²) in [5.41, 5.74) is 3.77. The maximum Gasteiger partial charge on any atom is 0.275 e. The minimum Gasteiger partial charge on any atom is -0.506 e. The van der Waals surface area contributed by atoms with Crippen molar-refractivity contribution in [1.29, 1.82) is 0 Å². The van der Waals surface area contributed by atoms with Crippen LogP contribution < -0.4 is 5.32 Å². The highest BCUT2D eigenvalue weighted by Crippen LogP contribution is 2.36. The second kappa shape index (κ2) is 9.25. The van der Waals surface area contributed by atoms with Gasteiger partial charge in [0.2, 0.25) is 0 Å². The minimum atomic E-state index is -0.583. The number of hydrogen-bond donors (Lipinski definition) is 2. The zero-order valence-corrected chi connectivity index (χ0v) is 19.8. The van der Waals surface area contributed by atoms with E-state index in [9.17, 15) is 9.90 Å². The van der Waals surface area contributed by atoms with Crippen molar-refractivity contribution in [2.24, 2.45) is 0 Å². The minimum absolute atomic E-state index is 0.0603. The molecule has 0 aliphatic carbocycles. The molecular formula is C23H17Cl2IN2O2. The molecule has 1 atom stereocenters. The van der Waals surface area contributed by atoms with Crippen LogP contribution in [0.5, 0.6) is 5.75 Å². The van der Waals surface area contributed by atoms with Gasteiger partial charge in [0.15, 0.2) is 0 Å². The average molecular weight is 551 g/mol. The third kappa shape index (κ3) is 4.72. The molecular weight excluding hydrogens is 534 g/mol. The van der Waals surface area contributed by atoms with Crippen LogP contribution in [0.2, 0.25) is 10.0 Å². The van der Waals surface area contributed by atoms with Crippen LogP contribution >= 0.6 is 45.8 Å². The Labute approximate surface area is 198 Å². The maximum atomic E-state index is 12.8. The topological polar surface area (TPSA) is 53.7 Å². The predicted octanol–water partition coefficient (Wildman–Crippen LogP) is 7.18. The van der Waals surface area contributed by atoms with Crippen LogP contribution in [0.25, 0.3) is 4.85 Å². The van der Waals surface area contributed by atoms with Crippen LogP contribution in [0, 0.1) is 24.0 Å². The molecule has 0 radical (unpaired) electrons. The Balaban J connectivity index is 1.94. The number of nitrogens with one attached hydrogen (secondary N) is 1. The Kier molecular flexibility index (Phi) is 6.91. The molecule has 7 heteroatoms. The number of halogens is 3. The number of nitrogens with zero attached hydrogens (tertiary/aromatic N) is 1. The standard InChI is InChI=1S/C23H17Cl2IN2O2/c1-12-8-17(22(29)19(26)9-12)23(30)28-20-11-18(25)16(10-13(20)2)21(27-3)14-4-6-15(24)7-5-14/h4-11,21,29H,1-2H3,(H,28,30). The Morgan fingerprint density at radius 1 is 1.13 bits per heavy atom. The number of aromatic hydroxyl groups is 1. The molecule has 3 aromatic carbocycles. The summed E-state index contributed by atoms with van der Waals surface area (Å²) in [6.45, 7) is 11.3. The maximum absolute atomic E-state index is 12.8. The molecule has 0 saturated heterocycles. The summed E-state index contributed by atoms with van der Waals surface area (Å²) in [7, 11) is 0. The third-order valence-electron chi connectivity index (χ3n) is 4.65. The van der Waals surface area contributed by atoms with Crippen molar-refractivity contribution >= 4 is 57.4 Å². The lowest BCUT2D eigenvalue weighted by Crippen LogP contribution is -2.14. The summed E-state index contributed by atoms with van der Waals surface area (Å²) >= 11 is 14.4. The molecule has 0 heterocycles. The lowest BCUT2D eigenvalue weighted by atomic mass is 9.97. The predicted molar refractivity (Wildman–Crippen MR) is 130 cm³/mol. The highest BCUT2D eigenvalue weighted by atomic mass is 127. The normalized spacial score (nSPS) is 11.6. The van der Waals surface area contributed by atoms with Crippen LogP contribution in [0.1, 0.15) is 38.7 Å². The van der Waals surface area contributed by atoms with E-state index in [1.165, 1.54) is 0 Å². The molecule has 0 aliphatic rings. The Hall–Kier alpha value is -2.27. The quantitative estimate of drug-likeness (QED) is 0.267. The summed E-state index contributed by atoms with van der Waals surface area (Å²) in [4.78, 5) is 16.5. The molecule has 0 aromatic heterocycles. The molecule has 0 spiro atoms. The fourth-order valence-corrected chi connectivity index (χ4v) is 4.29. The van der Waals surface area contributed by atoms with Crippen molar-refractivity contribution in [2.75, 3.05) is 5.32 Å². The molecule has 3 rings (SSSR count). The fraction of sp³-hybridized carbons (Fsp3) is 0.130.